The quantitative estimate of drug-likeness (QED) is 0.665. The van der Waals surface area contributed by atoms with Crippen molar-refractivity contribution in [2.75, 3.05) is 13.7 Å². The smallest absolute Gasteiger partial charge is 0.222 e. The van der Waals surface area contributed by atoms with Crippen LogP contribution in [0.2, 0.25) is 0 Å². The van der Waals surface area contributed by atoms with Crippen molar-refractivity contribution in [3.63, 3.8) is 0 Å². The average molecular weight is 159 g/mol. The second-order valence-corrected chi connectivity index (χ2v) is 3.54. The molecule has 0 heterocycles. The largest absolute Gasteiger partial charge is 0.384 e. The van der Waals surface area contributed by atoms with Gasteiger partial charge in [0, 0.05) is 19.1 Å². The first-order valence-corrected chi connectivity index (χ1v) is 3.75. The molecule has 0 aliphatic carbocycles. The number of hydrogen-bond acceptors (Lipinski definition) is 2. The molecule has 0 aliphatic heterocycles. The van der Waals surface area contributed by atoms with E-state index < -0.39 is 0 Å². The van der Waals surface area contributed by atoms with E-state index in [2.05, 4.69) is 5.32 Å². The molecule has 11 heavy (non-hydrogen) atoms. The highest BCUT2D eigenvalue weighted by Crippen LogP contribution is 1.98. The Hall–Kier alpha value is -0.570. The van der Waals surface area contributed by atoms with Crippen molar-refractivity contribution in [3.05, 3.63) is 0 Å². The summed E-state index contributed by atoms with van der Waals surface area (Å²) in [6.45, 7) is 6.36. The van der Waals surface area contributed by atoms with Crippen LogP contribution in [-0.2, 0) is 9.53 Å². The van der Waals surface area contributed by atoms with E-state index in [9.17, 15) is 4.79 Å². The van der Waals surface area contributed by atoms with E-state index >= 15 is 0 Å². The fraction of sp³-hybridized carbons (Fsp3) is 0.875. The average Bonchev–Trinajstić information content (AvgIpc) is 1.79. The van der Waals surface area contributed by atoms with Gasteiger partial charge in [-0.05, 0) is 20.8 Å². The van der Waals surface area contributed by atoms with Gasteiger partial charge in [0.05, 0.1) is 6.61 Å². The SMILES string of the molecule is COCCC(=O)NC(C)(C)C. The summed E-state index contributed by atoms with van der Waals surface area (Å²) < 4.78 is 4.77. The summed E-state index contributed by atoms with van der Waals surface area (Å²) in [5, 5.41) is 2.84. The number of nitrogens with one attached hydrogen (secondary N) is 1. The molecular formula is C8H17NO2. The van der Waals surface area contributed by atoms with Gasteiger partial charge in [-0.15, -0.1) is 0 Å². The van der Waals surface area contributed by atoms with E-state index in [1.807, 2.05) is 20.8 Å². The van der Waals surface area contributed by atoms with E-state index in [4.69, 9.17) is 4.74 Å². The van der Waals surface area contributed by atoms with Crippen LogP contribution < -0.4 is 5.32 Å². The van der Waals surface area contributed by atoms with E-state index in [1.165, 1.54) is 0 Å². The minimum atomic E-state index is -0.134. The maximum atomic E-state index is 11.0. The van der Waals surface area contributed by atoms with Gasteiger partial charge >= 0.3 is 0 Å². The van der Waals surface area contributed by atoms with Crippen LogP contribution in [0.15, 0.2) is 0 Å². The summed E-state index contributed by atoms with van der Waals surface area (Å²) in [5.41, 5.74) is -0.134. The first kappa shape index (κ1) is 10.4. The van der Waals surface area contributed by atoms with E-state index in [-0.39, 0.29) is 11.4 Å². The number of amides is 1. The van der Waals surface area contributed by atoms with Crippen molar-refractivity contribution in [1.82, 2.24) is 5.32 Å². The van der Waals surface area contributed by atoms with Gasteiger partial charge in [-0.3, -0.25) is 4.79 Å². The highest BCUT2D eigenvalue weighted by molar-refractivity contribution is 5.76. The lowest BCUT2D eigenvalue weighted by molar-refractivity contribution is -0.123. The number of carbonyl (C=O) groups is 1. The third-order valence-electron chi connectivity index (χ3n) is 1.05. The third kappa shape index (κ3) is 7.33. The predicted octanol–water partition coefficient (Wildman–Crippen LogP) is 0.938. The zero-order valence-electron chi connectivity index (χ0n) is 7.73. The minimum Gasteiger partial charge on any atom is -0.384 e. The van der Waals surface area contributed by atoms with Crippen molar-refractivity contribution in [2.45, 2.75) is 32.7 Å². The van der Waals surface area contributed by atoms with Crippen LogP contribution in [0.4, 0.5) is 0 Å². The van der Waals surface area contributed by atoms with Crippen molar-refractivity contribution in [2.24, 2.45) is 0 Å². The van der Waals surface area contributed by atoms with Crippen LogP contribution in [0.5, 0.6) is 0 Å². The maximum absolute atomic E-state index is 11.0. The molecule has 0 aromatic rings. The van der Waals surface area contributed by atoms with Gasteiger partial charge in [0.2, 0.25) is 5.91 Å². The standard InChI is InChI=1S/C8H17NO2/c1-8(2,3)9-7(10)5-6-11-4/h5-6H2,1-4H3,(H,9,10). The van der Waals surface area contributed by atoms with Crippen LogP contribution >= 0.6 is 0 Å². The van der Waals surface area contributed by atoms with Crippen LogP contribution in [-0.4, -0.2) is 25.2 Å². The summed E-state index contributed by atoms with van der Waals surface area (Å²) in [4.78, 5) is 11.0. The Labute approximate surface area is 68.1 Å². The van der Waals surface area contributed by atoms with E-state index in [0.717, 1.165) is 0 Å². The molecule has 0 aromatic carbocycles. The Morgan fingerprint density at radius 3 is 2.36 bits per heavy atom. The molecule has 0 aromatic heterocycles. The fourth-order valence-corrected chi connectivity index (χ4v) is 0.676. The van der Waals surface area contributed by atoms with Crippen LogP contribution in [0.25, 0.3) is 0 Å². The summed E-state index contributed by atoms with van der Waals surface area (Å²) in [7, 11) is 1.59. The monoisotopic (exact) mass is 159 g/mol. The summed E-state index contributed by atoms with van der Waals surface area (Å²) in [6.07, 6.45) is 0.438. The van der Waals surface area contributed by atoms with Gasteiger partial charge < -0.3 is 10.1 Å². The number of rotatable bonds is 3. The van der Waals surface area contributed by atoms with E-state index in [0.29, 0.717) is 13.0 Å². The number of hydrogen-bond donors (Lipinski definition) is 1. The van der Waals surface area contributed by atoms with Gasteiger partial charge in [0.15, 0.2) is 0 Å². The molecule has 0 bridgehead atoms. The van der Waals surface area contributed by atoms with Gasteiger partial charge in [-0.25, -0.2) is 0 Å². The molecule has 0 atom stereocenters. The van der Waals surface area contributed by atoms with E-state index in [1.54, 1.807) is 7.11 Å². The summed E-state index contributed by atoms with van der Waals surface area (Å²) in [5.74, 6) is 0.0411. The molecule has 0 radical (unpaired) electrons. The molecule has 0 rings (SSSR count). The van der Waals surface area contributed by atoms with Gasteiger partial charge in [0.25, 0.3) is 0 Å². The number of carbonyl (C=O) groups excluding carboxylic acids is 1. The Kier molecular flexibility index (Phi) is 4.11. The molecule has 1 N–H and O–H groups in total. The maximum Gasteiger partial charge on any atom is 0.222 e. The lowest BCUT2D eigenvalue weighted by Gasteiger charge is -2.20. The van der Waals surface area contributed by atoms with Gasteiger partial charge in [-0.1, -0.05) is 0 Å². The zero-order chi connectivity index (χ0) is 8.91. The van der Waals surface area contributed by atoms with Crippen molar-refractivity contribution in [1.29, 1.82) is 0 Å². The molecule has 3 heteroatoms. The van der Waals surface area contributed by atoms with Crippen molar-refractivity contribution >= 4 is 5.91 Å². The molecule has 0 spiro atoms. The molecule has 0 saturated carbocycles. The van der Waals surface area contributed by atoms with Crippen LogP contribution in [0.1, 0.15) is 27.2 Å². The Morgan fingerprint density at radius 1 is 1.45 bits per heavy atom. The lowest BCUT2D eigenvalue weighted by Crippen LogP contribution is -2.40. The molecule has 0 fully saturated rings. The number of methoxy groups -OCH3 is 1. The molecular weight excluding hydrogens is 142 g/mol. The minimum absolute atomic E-state index is 0.0411. The molecule has 66 valence electrons. The van der Waals surface area contributed by atoms with Crippen molar-refractivity contribution < 1.29 is 9.53 Å². The second kappa shape index (κ2) is 4.34. The molecule has 0 unspecified atom stereocenters. The lowest BCUT2D eigenvalue weighted by atomic mass is 10.1. The Bertz CT molecular complexity index is 127. The van der Waals surface area contributed by atoms with Gasteiger partial charge in [-0.2, -0.15) is 0 Å². The topological polar surface area (TPSA) is 38.3 Å². The molecule has 0 aliphatic rings. The zero-order valence-corrected chi connectivity index (χ0v) is 7.73. The Balaban J connectivity index is 3.53. The Morgan fingerprint density at radius 2 is 2.00 bits per heavy atom. The van der Waals surface area contributed by atoms with Crippen LogP contribution in [0.3, 0.4) is 0 Å². The predicted molar refractivity (Wildman–Crippen MR) is 44.4 cm³/mol. The van der Waals surface area contributed by atoms with Crippen molar-refractivity contribution in [3.8, 4) is 0 Å². The third-order valence-corrected chi connectivity index (χ3v) is 1.05. The highest BCUT2D eigenvalue weighted by Gasteiger charge is 2.12. The summed E-state index contributed by atoms with van der Waals surface area (Å²) >= 11 is 0. The molecule has 3 nitrogen and oxygen atoms in total. The normalized spacial score (nSPS) is 11.3. The molecule has 1 amide bonds. The molecule has 0 saturated heterocycles. The van der Waals surface area contributed by atoms with Gasteiger partial charge in [0.1, 0.15) is 0 Å². The fourth-order valence-electron chi connectivity index (χ4n) is 0.676. The van der Waals surface area contributed by atoms with Crippen LogP contribution in [0, 0.1) is 0 Å². The number of ether oxygens (including phenoxy) is 1. The first-order valence-electron chi connectivity index (χ1n) is 3.75. The highest BCUT2D eigenvalue weighted by atomic mass is 16.5. The second-order valence-electron chi connectivity index (χ2n) is 3.54. The first-order chi connectivity index (χ1) is 4.95. The summed E-state index contributed by atoms with van der Waals surface area (Å²) in [6, 6.07) is 0.